The molecule has 0 saturated heterocycles. The molecule has 0 spiro atoms. The summed E-state index contributed by atoms with van der Waals surface area (Å²) in [5.41, 5.74) is 2.87. The lowest BCUT2D eigenvalue weighted by Gasteiger charge is -1.96. The SMILES string of the molecule is [CH2]CC=C(C)CCC=C(C)C. The molecule has 0 fully saturated rings. The highest BCUT2D eigenvalue weighted by Gasteiger charge is 1.86. The second kappa shape index (κ2) is 6.21. The van der Waals surface area contributed by atoms with Crippen LogP contribution in [0.3, 0.4) is 0 Å². The Bertz CT molecular complexity index is 145. The number of allylic oxidation sites excluding steroid dienone is 4. The minimum atomic E-state index is 0.917. The average Bonchev–Trinajstić information content (AvgIpc) is 1.87. The van der Waals surface area contributed by atoms with Crippen molar-refractivity contribution in [2.24, 2.45) is 0 Å². The van der Waals surface area contributed by atoms with E-state index in [1.165, 1.54) is 24.0 Å². The molecular formula is C11H19. The zero-order valence-corrected chi connectivity index (χ0v) is 7.98. The number of hydrogen-bond donors (Lipinski definition) is 0. The normalized spacial score (nSPS) is 11.5. The monoisotopic (exact) mass is 151 g/mol. The van der Waals surface area contributed by atoms with Gasteiger partial charge in [0.2, 0.25) is 0 Å². The molecule has 0 aromatic carbocycles. The van der Waals surface area contributed by atoms with Gasteiger partial charge in [0.25, 0.3) is 0 Å². The van der Waals surface area contributed by atoms with E-state index < -0.39 is 0 Å². The second-order valence-electron chi connectivity index (χ2n) is 3.16. The first-order valence-corrected chi connectivity index (χ1v) is 4.25. The van der Waals surface area contributed by atoms with Gasteiger partial charge in [-0.15, -0.1) is 0 Å². The first-order valence-electron chi connectivity index (χ1n) is 4.25. The van der Waals surface area contributed by atoms with Gasteiger partial charge in [-0.3, -0.25) is 0 Å². The Hall–Kier alpha value is -0.520. The van der Waals surface area contributed by atoms with E-state index in [1.54, 1.807) is 0 Å². The van der Waals surface area contributed by atoms with E-state index in [0.717, 1.165) is 6.42 Å². The van der Waals surface area contributed by atoms with E-state index in [1.807, 2.05) is 0 Å². The van der Waals surface area contributed by atoms with Crippen molar-refractivity contribution in [1.82, 2.24) is 0 Å². The number of rotatable bonds is 4. The Morgan fingerprint density at radius 1 is 1.18 bits per heavy atom. The third kappa shape index (κ3) is 7.38. The van der Waals surface area contributed by atoms with E-state index in [4.69, 9.17) is 0 Å². The summed E-state index contributed by atoms with van der Waals surface area (Å²) < 4.78 is 0. The molecular weight excluding hydrogens is 132 g/mol. The smallest absolute Gasteiger partial charge is 0.0288 e. The molecule has 0 heteroatoms. The molecule has 11 heavy (non-hydrogen) atoms. The third-order valence-electron chi connectivity index (χ3n) is 1.58. The highest BCUT2D eigenvalue weighted by molar-refractivity contribution is 5.02. The molecule has 0 atom stereocenters. The first kappa shape index (κ1) is 10.5. The molecule has 0 N–H and O–H groups in total. The van der Waals surface area contributed by atoms with Crippen molar-refractivity contribution in [3.8, 4) is 0 Å². The van der Waals surface area contributed by atoms with Crippen LogP contribution in [0.15, 0.2) is 23.3 Å². The van der Waals surface area contributed by atoms with Crippen molar-refractivity contribution in [3.63, 3.8) is 0 Å². The maximum absolute atomic E-state index is 3.78. The second-order valence-corrected chi connectivity index (χ2v) is 3.16. The van der Waals surface area contributed by atoms with Crippen molar-refractivity contribution in [3.05, 3.63) is 30.2 Å². The summed E-state index contributed by atoms with van der Waals surface area (Å²) in [6, 6.07) is 0. The molecule has 0 amide bonds. The lowest BCUT2D eigenvalue weighted by atomic mass is 10.1. The molecule has 0 aliphatic heterocycles. The lowest BCUT2D eigenvalue weighted by molar-refractivity contribution is 0.958. The molecule has 0 bridgehead atoms. The summed E-state index contributed by atoms with van der Waals surface area (Å²) in [5.74, 6) is 0. The van der Waals surface area contributed by atoms with Gasteiger partial charge in [0, 0.05) is 0 Å². The van der Waals surface area contributed by atoms with Crippen LogP contribution < -0.4 is 0 Å². The Balaban J connectivity index is 3.54. The predicted octanol–water partition coefficient (Wildman–Crippen LogP) is 3.90. The molecule has 0 aromatic heterocycles. The fourth-order valence-electron chi connectivity index (χ4n) is 0.937. The van der Waals surface area contributed by atoms with Crippen LogP contribution >= 0.6 is 0 Å². The van der Waals surface area contributed by atoms with Gasteiger partial charge < -0.3 is 0 Å². The largest absolute Gasteiger partial charge is 0.0856 e. The maximum atomic E-state index is 3.78. The third-order valence-corrected chi connectivity index (χ3v) is 1.58. The van der Waals surface area contributed by atoms with E-state index in [9.17, 15) is 0 Å². The van der Waals surface area contributed by atoms with Gasteiger partial charge in [0.1, 0.15) is 0 Å². The van der Waals surface area contributed by atoms with Crippen molar-refractivity contribution in [2.45, 2.75) is 40.0 Å². The van der Waals surface area contributed by atoms with Gasteiger partial charge in [-0.05, 0) is 47.0 Å². The minimum Gasteiger partial charge on any atom is -0.0856 e. The standard InChI is InChI=1S/C11H19/c1-5-7-11(4)9-6-8-10(2)3/h7-8H,1,5-6,9H2,2-4H3. The highest BCUT2D eigenvalue weighted by atomic mass is 13.9. The van der Waals surface area contributed by atoms with Crippen molar-refractivity contribution in [2.75, 3.05) is 0 Å². The predicted molar refractivity (Wildman–Crippen MR) is 52.4 cm³/mol. The average molecular weight is 151 g/mol. The maximum Gasteiger partial charge on any atom is -0.0288 e. The Labute approximate surface area is 71.0 Å². The van der Waals surface area contributed by atoms with Crippen LogP contribution in [0.4, 0.5) is 0 Å². The summed E-state index contributed by atoms with van der Waals surface area (Å²) in [5, 5.41) is 0. The van der Waals surface area contributed by atoms with Gasteiger partial charge in [-0.1, -0.05) is 23.3 Å². The summed E-state index contributed by atoms with van der Waals surface area (Å²) in [6.07, 6.45) is 7.74. The van der Waals surface area contributed by atoms with Crippen LogP contribution in [0.1, 0.15) is 40.0 Å². The van der Waals surface area contributed by atoms with E-state index in [2.05, 4.69) is 39.8 Å². The fourth-order valence-corrected chi connectivity index (χ4v) is 0.937. The van der Waals surface area contributed by atoms with Gasteiger partial charge >= 0.3 is 0 Å². The van der Waals surface area contributed by atoms with Crippen LogP contribution in [0.2, 0.25) is 0 Å². The van der Waals surface area contributed by atoms with E-state index in [0.29, 0.717) is 0 Å². The molecule has 1 radical (unpaired) electrons. The Morgan fingerprint density at radius 3 is 2.27 bits per heavy atom. The van der Waals surface area contributed by atoms with Gasteiger partial charge in [0.05, 0.1) is 0 Å². The lowest BCUT2D eigenvalue weighted by Crippen LogP contribution is -1.76. The minimum absolute atomic E-state index is 0.917. The van der Waals surface area contributed by atoms with Crippen LogP contribution in [-0.2, 0) is 0 Å². The molecule has 0 unspecified atom stereocenters. The van der Waals surface area contributed by atoms with Gasteiger partial charge in [0.15, 0.2) is 0 Å². The Kier molecular flexibility index (Phi) is 5.91. The highest BCUT2D eigenvalue weighted by Crippen LogP contribution is 2.06. The topological polar surface area (TPSA) is 0 Å². The van der Waals surface area contributed by atoms with Crippen molar-refractivity contribution >= 4 is 0 Å². The van der Waals surface area contributed by atoms with E-state index >= 15 is 0 Å². The molecule has 63 valence electrons. The summed E-state index contributed by atoms with van der Waals surface area (Å²) in [4.78, 5) is 0. The van der Waals surface area contributed by atoms with Gasteiger partial charge in [-0.2, -0.15) is 0 Å². The zero-order chi connectivity index (χ0) is 8.69. The quantitative estimate of drug-likeness (QED) is 0.534. The molecule has 0 saturated carbocycles. The fraction of sp³-hybridized carbons (Fsp3) is 0.545. The van der Waals surface area contributed by atoms with Crippen molar-refractivity contribution < 1.29 is 0 Å². The summed E-state index contributed by atoms with van der Waals surface area (Å²) in [7, 11) is 0. The molecule has 0 heterocycles. The van der Waals surface area contributed by atoms with Crippen LogP contribution in [0, 0.1) is 6.92 Å². The number of hydrogen-bond acceptors (Lipinski definition) is 0. The molecule has 0 aromatic rings. The molecule has 0 rings (SSSR count). The van der Waals surface area contributed by atoms with Crippen LogP contribution in [-0.4, -0.2) is 0 Å². The molecule has 0 aliphatic rings. The molecule has 0 nitrogen and oxygen atoms in total. The van der Waals surface area contributed by atoms with Gasteiger partial charge in [-0.25, -0.2) is 0 Å². The van der Waals surface area contributed by atoms with Crippen molar-refractivity contribution in [1.29, 1.82) is 0 Å². The molecule has 0 aliphatic carbocycles. The van der Waals surface area contributed by atoms with Crippen LogP contribution in [0.5, 0.6) is 0 Å². The summed E-state index contributed by atoms with van der Waals surface area (Å²) in [6.45, 7) is 10.2. The summed E-state index contributed by atoms with van der Waals surface area (Å²) >= 11 is 0. The first-order chi connectivity index (χ1) is 5.16. The zero-order valence-electron chi connectivity index (χ0n) is 7.98. The van der Waals surface area contributed by atoms with Crippen LogP contribution in [0.25, 0.3) is 0 Å². The van der Waals surface area contributed by atoms with E-state index in [-0.39, 0.29) is 0 Å². The Morgan fingerprint density at radius 2 is 1.82 bits per heavy atom.